The molecule has 1 amide bonds. The summed E-state index contributed by atoms with van der Waals surface area (Å²) in [5, 5.41) is 19.7. The van der Waals surface area contributed by atoms with Crippen LogP contribution in [-0.2, 0) is 9.59 Å². The van der Waals surface area contributed by atoms with Crippen molar-refractivity contribution >= 4 is 11.9 Å². The first kappa shape index (κ1) is 13.4. The topological polar surface area (TPSA) is 90.2 Å². The molecule has 0 radical (unpaired) electrons. The first-order valence-corrected chi connectivity index (χ1v) is 4.89. The van der Waals surface area contributed by atoms with E-state index in [2.05, 4.69) is 5.32 Å². The number of nitriles is 1. The molecule has 0 saturated carbocycles. The Hall–Kier alpha value is -1.57. The summed E-state index contributed by atoms with van der Waals surface area (Å²) >= 11 is 0. The number of nitrogens with zero attached hydrogens (tertiary/aromatic N) is 1. The Morgan fingerprint density at radius 1 is 1.40 bits per heavy atom. The number of carbonyl (C=O) groups excluding carboxylic acids is 1. The van der Waals surface area contributed by atoms with Crippen molar-refractivity contribution in [2.24, 2.45) is 5.41 Å². The number of carboxylic acid groups (broad SMARTS) is 1. The molecule has 15 heavy (non-hydrogen) atoms. The van der Waals surface area contributed by atoms with Gasteiger partial charge < -0.3 is 10.4 Å². The number of carboxylic acids is 1. The van der Waals surface area contributed by atoms with Gasteiger partial charge in [0.1, 0.15) is 6.54 Å². The first-order chi connectivity index (χ1) is 7.02. The van der Waals surface area contributed by atoms with Gasteiger partial charge in [0.15, 0.2) is 0 Å². The highest BCUT2D eigenvalue weighted by Crippen LogP contribution is 2.30. The highest BCUT2D eigenvalue weighted by atomic mass is 16.4. The number of carbonyl (C=O) groups is 2. The Bertz CT molecular complexity index is 277. The number of hydrogen-bond acceptors (Lipinski definition) is 3. The minimum absolute atomic E-state index is 0.0724. The molecule has 0 bridgehead atoms. The van der Waals surface area contributed by atoms with E-state index < -0.39 is 11.4 Å². The molecule has 0 atom stereocenters. The normalized spacial score (nSPS) is 10.5. The molecule has 0 aliphatic heterocycles. The van der Waals surface area contributed by atoms with Crippen LogP contribution in [0.1, 0.15) is 33.1 Å². The van der Waals surface area contributed by atoms with E-state index in [0.717, 1.165) is 0 Å². The first-order valence-electron chi connectivity index (χ1n) is 4.89. The lowest BCUT2D eigenvalue weighted by Gasteiger charge is -2.25. The predicted molar refractivity (Wildman–Crippen MR) is 53.9 cm³/mol. The van der Waals surface area contributed by atoms with Crippen LogP contribution in [-0.4, -0.2) is 23.5 Å². The molecule has 0 aromatic rings. The number of amides is 1. The Kier molecular flexibility index (Phi) is 5.39. The summed E-state index contributed by atoms with van der Waals surface area (Å²) in [5.74, 6) is -1.35. The molecule has 0 aliphatic carbocycles. The third-order valence-electron chi connectivity index (χ3n) is 2.67. The Labute approximate surface area is 89.1 Å². The van der Waals surface area contributed by atoms with E-state index in [-0.39, 0.29) is 18.9 Å². The van der Waals surface area contributed by atoms with E-state index in [9.17, 15) is 9.59 Å². The minimum Gasteiger partial charge on any atom is -0.481 e. The van der Waals surface area contributed by atoms with Crippen LogP contribution in [0.2, 0.25) is 0 Å². The molecule has 0 fully saturated rings. The summed E-state index contributed by atoms with van der Waals surface area (Å²) < 4.78 is 0. The van der Waals surface area contributed by atoms with Gasteiger partial charge in [0, 0.05) is 6.42 Å². The van der Waals surface area contributed by atoms with E-state index in [1.54, 1.807) is 19.9 Å². The van der Waals surface area contributed by atoms with Gasteiger partial charge in [0.25, 0.3) is 0 Å². The maximum atomic E-state index is 11.3. The van der Waals surface area contributed by atoms with Crippen LogP contribution in [0, 0.1) is 16.7 Å². The fraction of sp³-hybridized carbons (Fsp3) is 0.700. The number of aliphatic carboxylic acids is 1. The second kappa shape index (κ2) is 6.02. The second-order valence-corrected chi connectivity index (χ2v) is 3.40. The summed E-state index contributed by atoms with van der Waals surface area (Å²) in [5.41, 5.74) is -1.00. The number of hydrogen-bond donors (Lipinski definition) is 2. The molecule has 84 valence electrons. The fourth-order valence-corrected chi connectivity index (χ4v) is 1.39. The molecule has 5 heteroatoms. The zero-order valence-corrected chi connectivity index (χ0v) is 9.04. The summed E-state index contributed by atoms with van der Waals surface area (Å²) in [4.78, 5) is 22.4. The quantitative estimate of drug-likeness (QED) is 0.640. The van der Waals surface area contributed by atoms with Gasteiger partial charge in [-0.25, -0.2) is 0 Å². The monoisotopic (exact) mass is 212 g/mol. The molecule has 0 aliphatic rings. The van der Waals surface area contributed by atoms with Crippen molar-refractivity contribution < 1.29 is 14.7 Å². The fourth-order valence-electron chi connectivity index (χ4n) is 1.39. The average molecular weight is 212 g/mol. The Balaban J connectivity index is 4.49. The number of nitrogens with one attached hydrogen (secondary N) is 1. The second-order valence-electron chi connectivity index (χ2n) is 3.40. The van der Waals surface area contributed by atoms with Gasteiger partial charge in [-0.05, 0) is 12.8 Å². The summed E-state index contributed by atoms with van der Waals surface area (Å²) in [7, 11) is 0. The zero-order valence-electron chi connectivity index (χ0n) is 9.04. The van der Waals surface area contributed by atoms with Crippen molar-refractivity contribution in [2.75, 3.05) is 6.54 Å². The molecule has 0 spiro atoms. The van der Waals surface area contributed by atoms with Gasteiger partial charge in [-0.2, -0.15) is 5.26 Å². The largest absolute Gasteiger partial charge is 0.481 e. The van der Waals surface area contributed by atoms with Crippen LogP contribution in [0.25, 0.3) is 0 Å². The maximum absolute atomic E-state index is 11.3. The van der Waals surface area contributed by atoms with Gasteiger partial charge in [-0.1, -0.05) is 13.8 Å². The van der Waals surface area contributed by atoms with Crippen LogP contribution in [0.15, 0.2) is 0 Å². The molecule has 0 aromatic carbocycles. The van der Waals surface area contributed by atoms with Crippen LogP contribution >= 0.6 is 0 Å². The van der Waals surface area contributed by atoms with Crippen molar-refractivity contribution in [3.8, 4) is 6.07 Å². The van der Waals surface area contributed by atoms with E-state index in [4.69, 9.17) is 10.4 Å². The van der Waals surface area contributed by atoms with Crippen molar-refractivity contribution in [3.05, 3.63) is 0 Å². The molecule has 2 N–H and O–H groups in total. The molecule has 0 saturated heterocycles. The lowest BCUT2D eigenvalue weighted by atomic mass is 9.79. The SMILES string of the molecule is CCC(CC)(CC(=O)NCC#N)C(=O)O. The standard InChI is InChI=1S/C10H16N2O3/c1-3-10(4-2,9(14)15)7-8(13)12-6-5-11/h3-4,6-7H2,1-2H3,(H,12,13)(H,14,15). The zero-order chi connectivity index (χ0) is 11.9. The lowest BCUT2D eigenvalue weighted by Crippen LogP contribution is -2.37. The third-order valence-corrected chi connectivity index (χ3v) is 2.67. The van der Waals surface area contributed by atoms with Gasteiger partial charge in [0.2, 0.25) is 5.91 Å². The minimum atomic E-state index is -1.00. The van der Waals surface area contributed by atoms with Crippen molar-refractivity contribution in [1.82, 2.24) is 5.32 Å². The summed E-state index contributed by atoms with van der Waals surface area (Å²) in [6, 6.07) is 1.77. The highest BCUT2D eigenvalue weighted by Gasteiger charge is 2.36. The molecular formula is C10H16N2O3. The molecule has 5 nitrogen and oxygen atoms in total. The molecule has 0 heterocycles. The van der Waals surface area contributed by atoms with E-state index in [1.807, 2.05) is 0 Å². The maximum Gasteiger partial charge on any atom is 0.310 e. The van der Waals surface area contributed by atoms with Gasteiger partial charge in [-0.15, -0.1) is 0 Å². The van der Waals surface area contributed by atoms with Gasteiger partial charge >= 0.3 is 5.97 Å². The van der Waals surface area contributed by atoms with E-state index in [1.165, 1.54) is 0 Å². The smallest absolute Gasteiger partial charge is 0.310 e. The van der Waals surface area contributed by atoms with Crippen molar-refractivity contribution in [2.45, 2.75) is 33.1 Å². The third kappa shape index (κ3) is 3.58. The van der Waals surface area contributed by atoms with E-state index >= 15 is 0 Å². The molecule has 0 unspecified atom stereocenters. The van der Waals surface area contributed by atoms with Gasteiger partial charge in [-0.3, -0.25) is 9.59 Å². The van der Waals surface area contributed by atoms with Crippen molar-refractivity contribution in [3.63, 3.8) is 0 Å². The highest BCUT2D eigenvalue weighted by molar-refractivity contribution is 5.85. The van der Waals surface area contributed by atoms with Crippen LogP contribution in [0.3, 0.4) is 0 Å². The van der Waals surface area contributed by atoms with E-state index in [0.29, 0.717) is 12.8 Å². The van der Waals surface area contributed by atoms with Crippen LogP contribution in [0.4, 0.5) is 0 Å². The number of rotatable bonds is 6. The van der Waals surface area contributed by atoms with Gasteiger partial charge in [0.05, 0.1) is 11.5 Å². The van der Waals surface area contributed by atoms with Crippen LogP contribution in [0.5, 0.6) is 0 Å². The Morgan fingerprint density at radius 3 is 2.27 bits per heavy atom. The molecule has 0 rings (SSSR count). The lowest BCUT2D eigenvalue weighted by molar-refractivity contribution is -0.152. The summed E-state index contributed by atoms with van der Waals surface area (Å²) in [6.45, 7) is 3.41. The molecule has 0 aromatic heterocycles. The van der Waals surface area contributed by atoms with Crippen LogP contribution < -0.4 is 5.32 Å². The molecular weight excluding hydrogens is 196 g/mol. The average Bonchev–Trinajstić information content (AvgIpc) is 2.22. The summed E-state index contributed by atoms with van der Waals surface area (Å²) in [6.07, 6.45) is 0.731. The Morgan fingerprint density at radius 2 is 1.93 bits per heavy atom. The van der Waals surface area contributed by atoms with Crippen molar-refractivity contribution in [1.29, 1.82) is 5.26 Å². The predicted octanol–water partition coefficient (Wildman–Crippen LogP) is 0.907.